The van der Waals surface area contributed by atoms with Gasteiger partial charge in [0.1, 0.15) is 0 Å². The first-order chi connectivity index (χ1) is 6.77. The molecule has 1 rings (SSSR count). The molecule has 0 fully saturated rings. The van der Waals surface area contributed by atoms with Crippen molar-refractivity contribution in [2.45, 2.75) is 12.6 Å². The van der Waals surface area contributed by atoms with Crippen LogP contribution in [0.25, 0.3) is 0 Å². The van der Waals surface area contributed by atoms with E-state index in [1.807, 2.05) is 0 Å². The monoisotopic (exact) mass is 278 g/mol. The van der Waals surface area contributed by atoms with E-state index in [2.05, 4.69) is 32.7 Å². The minimum absolute atomic E-state index is 0.105. The molecule has 14 heavy (non-hydrogen) atoms. The van der Waals surface area contributed by atoms with E-state index in [4.69, 9.17) is 10.5 Å². The van der Waals surface area contributed by atoms with E-state index in [9.17, 15) is 0 Å². The maximum Gasteiger partial charge on any atom is 0.0817 e. The first kappa shape index (κ1) is 12.1. The van der Waals surface area contributed by atoms with Crippen molar-refractivity contribution in [1.29, 1.82) is 0 Å². The Balaban J connectivity index is 2.24. The number of methoxy groups -OCH3 is 1. The highest BCUT2D eigenvalue weighted by Crippen LogP contribution is 2.21. The van der Waals surface area contributed by atoms with Crippen molar-refractivity contribution in [3.63, 3.8) is 0 Å². The molecule has 1 aromatic rings. The molecule has 0 radical (unpaired) electrons. The predicted molar refractivity (Wildman–Crippen MR) is 63.6 cm³/mol. The molecule has 1 atom stereocenters. The van der Waals surface area contributed by atoms with Gasteiger partial charge in [-0.15, -0.1) is 11.3 Å². The van der Waals surface area contributed by atoms with Crippen LogP contribution in [-0.4, -0.2) is 26.3 Å². The van der Waals surface area contributed by atoms with Crippen LogP contribution < -0.4 is 11.1 Å². The molecule has 0 aliphatic heterocycles. The molecule has 80 valence electrons. The molecule has 5 heteroatoms. The van der Waals surface area contributed by atoms with E-state index in [0.717, 1.165) is 17.6 Å². The van der Waals surface area contributed by atoms with Crippen LogP contribution in [0.15, 0.2) is 15.9 Å². The van der Waals surface area contributed by atoms with Crippen molar-refractivity contribution in [3.05, 3.63) is 20.8 Å². The molecule has 0 saturated carbocycles. The summed E-state index contributed by atoms with van der Waals surface area (Å²) in [4.78, 5) is 1.30. The largest absolute Gasteiger partial charge is 0.379 e. The Labute approximate surface area is 96.8 Å². The number of hydrogen-bond acceptors (Lipinski definition) is 4. The Hall–Kier alpha value is 0.0600. The second-order valence-electron chi connectivity index (χ2n) is 2.92. The molecule has 0 aliphatic carbocycles. The summed E-state index contributed by atoms with van der Waals surface area (Å²) in [6.45, 7) is 2.20. The quantitative estimate of drug-likeness (QED) is 0.831. The van der Waals surface area contributed by atoms with Crippen molar-refractivity contribution in [2.75, 3.05) is 20.2 Å². The maximum atomic E-state index is 5.50. The lowest BCUT2D eigenvalue weighted by molar-refractivity contribution is 0.108. The highest BCUT2D eigenvalue weighted by molar-refractivity contribution is 9.10. The van der Waals surface area contributed by atoms with Crippen molar-refractivity contribution in [2.24, 2.45) is 5.73 Å². The molecule has 1 heterocycles. The highest BCUT2D eigenvalue weighted by Gasteiger charge is 2.05. The van der Waals surface area contributed by atoms with Gasteiger partial charge in [0, 0.05) is 36.1 Å². The fourth-order valence-electron chi connectivity index (χ4n) is 1.06. The van der Waals surface area contributed by atoms with Gasteiger partial charge in [-0.05, 0) is 27.4 Å². The fourth-order valence-corrected chi connectivity index (χ4v) is 2.52. The summed E-state index contributed by atoms with van der Waals surface area (Å²) in [6.07, 6.45) is 0.105. The Morgan fingerprint density at radius 1 is 1.71 bits per heavy atom. The molecule has 3 N–H and O–H groups in total. The zero-order chi connectivity index (χ0) is 10.4. The number of nitrogens with two attached hydrogens (primary N) is 1. The predicted octanol–water partition coefficient (Wildman–Crippen LogP) is 1.57. The van der Waals surface area contributed by atoms with Crippen LogP contribution in [0.3, 0.4) is 0 Å². The molecule has 0 amide bonds. The smallest absolute Gasteiger partial charge is 0.0817 e. The molecule has 0 aliphatic rings. The third-order valence-electron chi connectivity index (χ3n) is 1.94. The zero-order valence-corrected chi connectivity index (χ0v) is 10.5. The highest BCUT2D eigenvalue weighted by atomic mass is 79.9. The topological polar surface area (TPSA) is 47.3 Å². The standard InChI is InChI=1S/C9H15BrN2OS/c1-13-7(4-11)5-12-6-9-8(10)2-3-14-9/h2-3,7,12H,4-6,11H2,1H3. The number of ether oxygens (including phenoxy) is 1. The Kier molecular flexibility index (Phi) is 5.66. The van der Waals surface area contributed by atoms with Crippen LogP contribution in [0.5, 0.6) is 0 Å². The van der Waals surface area contributed by atoms with Gasteiger partial charge in [0.15, 0.2) is 0 Å². The molecule has 1 aromatic heterocycles. The first-order valence-electron chi connectivity index (χ1n) is 4.43. The van der Waals surface area contributed by atoms with Crippen molar-refractivity contribution in [1.82, 2.24) is 5.32 Å². The van der Waals surface area contributed by atoms with Gasteiger partial charge in [0.2, 0.25) is 0 Å². The summed E-state index contributed by atoms with van der Waals surface area (Å²) in [5, 5.41) is 5.37. The van der Waals surface area contributed by atoms with Crippen LogP contribution in [-0.2, 0) is 11.3 Å². The van der Waals surface area contributed by atoms with Gasteiger partial charge in [-0.25, -0.2) is 0 Å². The van der Waals surface area contributed by atoms with Gasteiger partial charge in [-0.1, -0.05) is 0 Å². The summed E-state index contributed by atoms with van der Waals surface area (Å²) in [5.74, 6) is 0. The Morgan fingerprint density at radius 2 is 2.50 bits per heavy atom. The van der Waals surface area contributed by atoms with Gasteiger partial charge < -0.3 is 15.8 Å². The van der Waals surface area contributed by atoms with Crippen molar-refractivity contribution in [3.8, 4) is 0 Å². The van der Waals surface area contributed by atoms with Gasteiger partial charge in [0.25, 0.3) is 0 Å². The lowest BCUT2D eigenvalue weighted by Gasteiger charge is -2.13. The summed E-state index contributed by atoms with van der Waals surface area (Å²) in [5.41, 5.74) is 5.50. The molecule has 0 saturated heterocycles. The van der Waals surface area contributed by atoms with E-state index in [1.54, 1.807) is 18.4 Å². The summed E-state index contributed by atoms with van der Waals surface area (Å²) in [6, 6.07) is 2.05. The third kappa shape index (κ3) is 3.67. The number of halogens is 1. The molecule has 3 nitrogen and oxygen atoms in total. The van der Waals surface area contributed by atoms with Crippen molar-refractivity contribution >= 4 is 27.3 Å². The number of nitrogens with one attached hydrogen (secondary N) is 1. The van der Waals surface area contributed by atoms with Gasteiger partial charge in [-0.3, -0.25) is 0 Å². The van der Waals surface area contributed by atoms with Crippen LogP contribution in [0, 0.1) is 0 Å². The van der Waals surface area contributed by atoms with Crippen LogP contribution in [0.1, 0.15) is 4.88 Å². The molecular weight excluding hydrogens is 264 g/mol. The van der Waals surface area contributed by atoms with Gasteiger partial charge >= 0.3 is 0 Å². The maximum absolute atomic E-state index is 5.50. The third-order valence-corrected chi connectivity index (χ3v) is 3.87. The number of rotatable bonds is 6. The van der Waals surface area contributed by atoms with Gasteiger partial charge in [0.05, 0.1) is 6.10 Å². The second kappa shape index (κ2) is 6.53. The van der Waals surface area contributed by atoms with E-state index in [-0.39, 0.29) is 6.10 Å². The van der Waals surface area contributed by atoms with E-state index >= 15 is 0 Å². The van der Waals surface area contributed by atoms with Crippen molar-refractivity contribution < 1.29 is 4.74 Å². The fraction of sp³-hybridized carbons (Fsp3) is 0.556. The molecule has 0 spiro atoms. The molecule has 0 aromatic carbocycles. The molecular formula is C9H15BrN2OS. The van der Waals surface area contributed by atoms with E-state index < -0.39 is 0 Å². The van der Waals surface area contributed by atoms with Gasteiger partial charge in [-0.2, -0.15) is 0 Å². The average Bonchev–Trinajstić information content (AvgIpc) is 2.59. The number of thiophene rings is 1. The van der Waals surface area contributed by atoms with Crippen LogP contribution in [0.2, 0.25) is 0 Å². The van der Waals surface area contributed by atoms with E-state index in [0.29, 0.717) is 6.54 Å². The minimum Gasteiger partial charge on any atom is -0.379 e. The minimum atomic E-state index is 0.105. The summed E-state index contributed by atoms with van der Waals surface area (Å²) in [7, 11) is 1.68. The van der Waals surface area contributed by atoms with Crippen LogP contribution in [0.4, 0.5) is 0 Å². The lowest BCUT2D eigenvalue weighted by atomic mass is 10.3. The molecule has 0 bridgehead atoms. The summed E-state index contributed by atoms with van der Waals surface area (Å²) >= 11 is 5.22. The van der Waals surface area contributed by atoms with Crippen LogP contribution >= 0.6 is 27.3 Å². The lowest BCUT2D eigenvalue weighted by Crippen LogP contribution is -2.33. The van der Waals surface area contributed by atoms with E-state index in [1.165, 1.54) is 4.88 Å². The first-order valence-corrected chi connectivity index (χ1v) is 6.10. The summed E-state index contributed by atoms with van der Waals surface area (Å²) < 4.78 is 6.32. The Bertz CT molecular complexity index is 263. The zero-order valence-electron chi connectivity index (χ0n) is 8.13. The second-order valence-corrected chi connectivity index (χ2v) is 4.77. The Morgan fingerprint density at radius 3 is 3.00 bits per heavy atom. The molecule has 1 unspecified atom stereocenters. The number of hydrogen-bond donors (Lipinski definition) is 2. The average molecular weight is 279 g/mol. The normalized spacial score (nSPS) is 13.1. The SMILES string of the molecule is COC(CN)CNCc1sccc1Br.